The minimum Gasteiger partial charge on any atom is -0.468 e. The first-order valence-corrected chi connectivity index (χ1v) is 7.22. The minimum atomic E-state index is 0.194. The molecular weight excluding hydrogens is 292 g/mol. The fourth-order valence-corrected chi connectivity index (χ4v) is 2.18. The van der Waals surface area contributed by atoms with Crippen LogP contribution in [0.2, 0.25) is 0 Å². The van der Waals surface area contributed by atoms with Gasteiger partial charge in [0, 0.05) is 5.69 Å². The Morgan fingerprint density at radius 3 is 2.61 bits per heavy atom. The van der Waals surface area contributed by atoms with Gasteiger partial charge in [0.2, 0.25) is 11.9 Å². The van der Waals surface area contributed by atoms with Crippen LogP contribution in [0.5, 0.6) is 0 Å². The van der Waals surface area contributed by atoms with Crippen molar-refractivity contribution in [2.45, 2.75) is 13.1 Å². The molecule has 0 saturated heterocycles. The van der Waals surface area contributed by atoms with Crippen LogP contribution >= 0.6 is 0 Å². The molecule has 0 unspecified atom stereocenters. The first-order chi connectivity index (χ1) is 11.2. The highest BCUT2D eigenvalue weighted by molar-refractivity contribution is 5.53. The Balaban J connectivity index is 1.70. The van der Waals surface area contributed by atoms with Crippen molar-refractivity contribution in [3.05, 3.63) is 60.3 Å². The Kier molecular flexibility index (Phi) is 4.49. The fraction of sp³-hybridized carbons (Fsp3) is 0.188. The van der Waals surface area contributed by atoms with E-state index in [4.69, 9.17) is 10.2 Å². The van der Waals surface area contributed by atoms with Crippen LogP contribution in [0.1, 0.15) is 11.6 Å². The van der Waals surface area contributed by atoms with E-state index in [1.807, 2.05) is 54.4 Å². The second-order valence-electron chi connectivity index (χ2n) is 5.18. The van der Waals surface area contributed by atoms with Gasteiger partial charge in [-0.2, -0.15) is 15.0 Å². The predicted molar refractivity (Wildman–Crippen MR) is 87.8 cm³/mol. The van der Waals surface area contributed by atoms with Crippen molar-refractivity contribution in [3.63, 3.8) is 0 Å². The summed E-state index contributed by atoms with van der Waals surface area (Å²) in [5.74, 6) is 2.12. The summed E-state index contributed by atoms with van der Waals surface area (Å²) in [6.45, 7) is 1.21. The van der Waals surface area contributed by atoms with Crippen molar-refractivity contribution in [1.29, 1.82) is 0 Å². The maximum Gasteiger partial charge on any atom is 0.232 e. The molecule has 118 valence electrons. The van der Waals surface area contributed by atoms with Gasteiger partial charge in [-0.05, 0) is 31.3 Å². The average Bonchev–Trinajstić information content (AvgIpc) is 3.00. The van der Waals surface area contributed by atoms with Crippen LogP contribution in [0.3, 0.4) is 0 Å². The third kappa shape index (κ3) is 4.27. The SMILES string of the molecule is CN(Cc1nc(N)nc(Nc2ccccc2)n1)Cc1ccco1. The number of nitrogens with zero attached hydrogens (tertiary/aromatic N) is 4. The van der Waals surface area contributed by atoms with Gasteiger partial charge in [-0.15, -0.1) is 0 Å². The molecule has 0 atom stereocenters. The molecule has 0 aliphatic carbocycles. The van der Waals surface area contributed by atoms with Crippen molar-refractivity contribution in [3.8, 4) is 0 Å². The van der Waals surface area contributed by atoms with Crippen molar-refractivity contribution < 1.29 is 4.42 Å². The molecule has 3 aromatic rings. The molecule has 3 N–H and O–H groups in total. The van der Waals surface area contributed by atoms with Crippen molar-refractivity contribution in [2.24, 2.45) is 0 Å². The van der Waals surface area contributed by atoms with E-state index in [0.717, 1.165) is 11.4 Å². The van der Waals surface area contributed by atoms with E-state index < -0.39 is 0 Å². The van der Waals surface area contributed by atoms with Crippen molar-refractivity contribution >= 4 is 17.6 Å². The molecule has 0 amide bonds. The van der Waals surface area contributed by atoms with Gasteiger partial charge >= 0.3 is 0 Å². The van der Waals surface area contributed by atoms with Gasteiger partial charge in [0.15, 0.2) is 0 Å². The number of aromatic nitrogens is 3. The van der Waals surface area contributed by atoms with Crippen LogP contribution in [0, 0.1) is 0 Å². The number of para-hydroxylation sites is 1. The number of hydrogen-bond acceptors (Lipinski definition) is 7. The Morgan fingerprint density at radius 2 is 1.87 bits per heavy atom. The maximum atomic E-state index is 5.79. The number of hydrogen-bond donors (Lipinski definition) is 2. The molecular formula is C16H18N6O. The number of nitrogens with one attached hydrogen (secondary N) is 1. The average molecular weight is 310 g/mol. The van der Waals surface area contributed by atoms with Crippen LogP contribution in [-0.2, 0) is 13.1 Å². The Hall–Kier alpha value is -2.93. The van der Waals surface area contributed by atoms with E-state index in [9.17, 15) is 0 Å². The molecule has 7 heteroatoms. The van der Waals surface area contributed by atoms with E-state index in [1.165, 1.54) is 0 Å². The second kappa shape index (κ2) is 6.89. The van der Waals surface area contributed by atoms with E-state index in [1.54, 1.807) is 6.26 Å². The van der Waals surface area contributed by atoms with Gasteiger partial charge in [0.1, 0.15) is 11.6 Å². The molecule has 23 heavy (non-hydrogen) atoms. The molecule has 0 saturated carbocycles. The van der Waals surface area contributed by atoms with Crippen LogP contribution < -0.4 is 11.1 Å². The van der Waals surface area contributed by atoms with E-state index in [2.05, 4.69) is 20.3 Å². The number of nitrogen functional groups attached to an aromatic ring is 1. The lowest BCUT2D eigenvalue weighted by molar-refractivity contribution is 0.281. The summed E-state index contributed by atoms with van der Waals surface area (Å²) in [5.41, 5.74) is 6.68. The first-order valence-electron chi connectivity index (χ1n) is 7.22. The normalized spacial score (nSPS) is 10.9. The number of anilines is 3. The summed E-state index contributed by atoms with van der Waals surface area (Å²) >= 11 is 0. The molecule has 0 radical (unpaired) electrons. The molecule has 0 aliphatic rings. The first kappa shape index (κ1) is 15.0. The molecule has 1 aromatic carbocycles. The number of benzene rings is 1. The third-order valence-corrected chi connectivity index (χ3v) is 3.15. The quantitative estimate of drug-likeness (QED) is 0.722. The summed E-state index contributed by atoms with van der Waals surface area (Å²) in [6, 6.07) is 13.5. The number of furan rings is 1. The van der Waals surface area contributed by atoms with E-state index in [-0.39, 0.29) is 5.95 Å². The van der Waals surface area contributed by atoms with Crippen LogP contribution in [0.25, 0.3) is 0 Å². The van der Waals surface area contributed by atoms with Gasteiger partial charge < -0.3 is 15.5 Å². The van der Waals surface area contributed by atoms with Crippen LogP contribution in [-0.4, -0.2) is 26.9 Å². The summed E-state index contributed by atoms with van der Waals surface area (Å²) in [5, 5.41) is 3.12. The van der Waals surface area contributed by atoms with Gasteiger partial charge in [0.05, 0.1) is 19.4 Å². The van der Waals surface area contributed by atoms with Gasteiger partial charge in [-0.25, -0.2) is 0 Å². The maximum absolute atomic E-state index is 5.79. The fourth-order valence-electron chi connectivity index (χ4n) is 2.18. The summed E-state index contributed by atoms with van der Waals surface area (Å²) in [4.78, 5) is 14.8. The zero-order chi connectivity index (χ0) is 16.1. The highest BCUT2D eigenvalue weighted by Gasteiger charge is 2.09. The lowest BCUT2D eigenvalue weighted by Crippen LogP contribution is -2.19. The molecule has 3 rings (SSSR count). The molecule has 7 nitrogen and oxygen atoms in total. The van der Waals surface area contributed by atoms with Crippen molar-refractivity contribution in [2.75, 3.05) is 18.1 Å². The number of nitrogens with two attached hydrogens (primary N) is 1. The zero-order valence-electron chi connectivity index (χ0n) is 12.8. The highest BCUT2D eigenvalue weighted by Crippen LogP contribution is 2.13. The molecule has 0 bridgehead atoms. The van der Waals surface area contributed by atoms with Crippen molar-refractivity contribution in [1.82, 2.24) is 19.9 Å². The summed E-state index contributed by atoms with van der Waals surface area (Å²) in [7, 11) is 1.97. The highest BCUT2D eigenvalue weighted by atomic mass is 16.3. The van der Waals surface area contributed by atoms with Crippen LogP contribution in [0.4, 0.5) is 17.6 Å². The zero-order valence-corrected chi connectivity index (χ0v) is 12.8. The summed E-state index contributed by atoms with van der Waals surface area (Å²) in [6.07, 6.45) is 1.66. The second-order valence-corrected chi connectivity index (χ2v) is 5.18. The van der Waals surface area contributed by atoms with Gasteiger partial charge in [-0.3, -0.25) is 4.90 Å². The monoisotopic (exact) mass is 310 g/mol. The minimum absolute atomic E-state index is 0.194. The molecule has 0 fully saturated rings. The van der Waals surface area contributed by atoms with Gasteiger partial charge in [-0.1, -0.05) is 18.2 Å². The van der Waals surface area contributed by atoms with E-state index in [0.29, 0.717) is 24.9 Å². The smallest absolute Gasteiger partial charge is 0.232 e. The van der Waals surface area contributed by atoms with Crippen LogP contribution in [0.15, 0.2) is 53.1 Å². The predicted octanol–water partition coefficient (Wildman–Crippen LogP) is 2.42. The van der Waals surface area contributed by atoms with Gasteiger partial charge in [0.25, 0.3) is 0 Å². The molecule has 0 spiro atoms. The Bertz CT molecular complexity index is 745. The molecule has 2 aromatic heterocycles. The lowest BCUT2D eigenvalue weighted by Gasteiger charge is -2.14. The molecule has 0 aliphatic heterocycles. The van der Waals surface area contributed by atoms with E-state index >= 15 is 0 Å². The largest absolute Gasteiger partial charge is 0.468 e. The third-order valence-electron chi connectivity index (χ3n) is 3.15. The number of rotatable bonds is 6. The topological polar surface area (TPSA) is 93.1 Å². The Morgan fingerprint density at radius 1 is 1.04 bits per heavy atom. The lowest BCUT2D eigenvalue weighted by atomic mass is 10.3. The standard InChI is InChI=1S/C16H18N6O/c1-22(10-13-8-5-9-23-13)11-14-19-15(17)21-16(20-14)18-12-6-3-2-4-7-12/h2-9H,10-11H2,1H3,(H3,17,18,19,20,21). The molecule has 2 heterocycles. The Labute approximate surface area is 134 Å². The summed E-state index contributed by atoms with van der Waals surface area (Å²) < 4.78 is 5.34.